The summed E-state index contributed by atoms with van der Waals surface area (Å²) in [6.07, 6.45) is 2.70. The van der Waals surface area contributed by atoms with E-state index in [4.69, 9.17) is 17.0 Å². The van der Waals surface area contributed by atoms with Gasteiger partial charge in [0, 0.05) is 35.9 Å². The zero-order valence-electron chi connectivity index (χ0n) is 18.1. The summed E-state index contributed by atoms with van der Waals surface area (Å²) in [7, 11) is 1.65. The lowest BCUT2D eigenvalue weighted by atomic mass is 10.1. The van der Waals surface area contributed by atoms with Crippen LogP contribution >= 0.6 is 12.2 Å². The largest absolute Gasteiger partial charge is 0.497 e. The van der Waals surface area contributed by atoms with Crippen molar-refractivity contribution in [3.8, 4) is 5.75 Å². The lowest BCUT2D eigenvalue weighted by Gasteiger charge is -2.23. The molecular weight excluding hydrogens is 424 g/mol. The Labute approximate surface area is 192 Å². The number of aromatic amines is 1. The molecule has 0 aliphatic carbocycles. The van der Waals surface area contributed by atoms with Crippen LogP contribution in [0.15, 0.2) is 54.7 Å². The van der Waals surface area contributed by atoms with Crippen LogP contribution in [0, 0.1) is 0 Å². The van der Waals surface area contributed by atoms with Crippen molar-refractivity contribution in [2.75, 3.05) is 25.5 Å². The molecule has 1 aliphatic rings. The number of likely N-dealkylation sites (N-methyl/N-ethyl adjacent to an activating group) is 1. The number of anilines is 1. The van der Waals surface area contributed by atoms with E-state index in [9.17, 15) is 9.59 Å². The van der Waals surface area contributed by atoms with Gasteiger partial charge < -0.3 is 19.9 Å². The van der Waals surface area contributed by atoms with Crippen molar-refractivity contribution in [2.45, 2.75) is 25.8 Å². The molecule has 1 aromatic heterocycles. The highest BCUT2D eigenvalue weighted by Crippen LogP contribution is 2.26. The lowest BCUT2D eigenvalue weighted by molar-refractivity contribution is -0.130. The molecule has 7 nitrogen and oxygen atoms in total. The van der Waals surface area contributed by atoms with Crippen LogP contribution in [0.25, 0.3) is 10.9 Å². The monoisotopic (exact) mass is 450 g/mol. The van der Waals surface area contributed by atoms with E-state index >= 15 is 0 Å². The third-order valence-corrected chi connectivity index (χ3v) is 6.21. The number of nitrogens with one attached hydrogen (secondary N) is 2. The number of benzene rings is 2. The van der Waals surface area contributed by atoms with Gasteiger partial charge in [-0.2, -0.15) is 0 Å². The summed E-state index contributed by atoms with van der Waals surface area (Å²) < 4.78 is 5.35. The van der Waals surface area contributed by atoms with Crippen LogP contribution in [0.3, 0.4) is 0 Å². The highest BCUT2D eigenvalue weighted by molar-refractivity contribution is 7.80. The maximum Gasteiger partial charge on any atom is 0.252 e. The van der Waals surface area contributed by atoms with Crippen molar-refractivity contribution in [1.29, 1.82) is 0 Å². The lowest BCUT2D eigenvalue weighted by Crippen LogP contribution is -2.39. The number of thiocarbonyl (C=S) groups is 1. The van der Waals surface area contributed by atoms with E-state index in [0.29, 0.717) is 30.3 Å². The fourth-order valence-electron chi connectivity index (χ4n) is 4.08. The zero-order valence-corrected chi connectivity index (χ0v) is 18.9. The number of amides is 2. The van der Waals surface area contributed by atoms with Gasteiger partial charge in [-0.1, -0.05) is 18.2 Å². The van der Waals surface area contributed by atoms with E-state index in [-0.39, 0.29) is 18.2 Å². The highest BCUT2D eigenvalue weighted by atomic mass is 32.1. The van der Waals surface area contributed by atoms with Crippen LogP contribution in [0.4, 0.5) is 5.69 Å². The minimum atomic E-state index is -0.606. The number of aromatic nitrogens is 1. The Balaban J connectivity index is 1.50. The first-order chi connectivity index (χ1) is 15.5. The average Bonchev–Trinajstić information content (AvgIpc) is 3.30. The van der Waals surface area contributed by atoms with Crippen LogP contribution in [-0.2, 0) is 16.0 Å². The second kappa shape index (κ2) is 9.40. The van der Waals surface area contributed by atoms with Crippen molar-refractivity contribution >= 4 is 45.7 Å². The van der Waals surface area contributed by atoms with Crippen molar-refractivity contribution < 1.29 is 14.3 Å². The number of hydrogen-bond donors (Lipinski definition) is 2. The van der Waals surface area contributed by atoms with Gasteiger partial charge in [-0.05, 0) is 61.5 Å². The molecule has 2 N–H and O–H groups in total. The van der Waals surface area contributed by atoms with Crippen LogP contribution in [0.5, 0.6) is 5.75 Å². The van der Waals surface area contributed by atoms with Crippen molar-refractivity contribution in [2.24, 2.45) is 0 Å². The fourth-order valence-corrected chi connectivity index (χ4v) is 4.51. The Morgan fingerprint density at radius 1 is 1.22 bits per heavy atom. The third kappa shape index (κ3) is 4.31. The van der Waals surface area contributed by atoms with Gasteiger partial charge >= 0.3 is 0 Å². The SMILES string of the molecule is CCN1C(=O)[C@H](CC(=O)Nc2ccccc2)N(CCc2c[nH]c3ccc(OC)cc23)C1=S. The predicted molar refractivity (Wildman–Crippen MR) is 129 cm³/mol. The quantitative estimate of drug-likeness (QED) is 0.513. The van der Waals surface area contributed by atoms with Gasteiger partial charge in [0.05, 0.1) is 13.5 Å². The summed E-state index contributed by atoms with van der Waals surface area (Å²) in [6, 6.07) is 14.5. The summed E-state index contributed by atoms with van der Waals surface area (Å²) in [6.45, 7) is 2.91. The Hall–Kier alpha value is -3.39. The first-order valence-corrected chi connectivity index (χ1v) is 11.0. The van der Waals surface area contributed by atoms with Gasteiger partial charge in [0.25, 0.3) is 5.91 Å². The first-order valence-electron chi connectivity index (χ1n) is 10.6. The molecule has 1 atom stereocenters. The summed E-state index contributed by atoms with van der Waals surface area (Å²) in [5.74, 6) is 0.455. The predicted octanol–water partition coefficient (Wildman–Crippen LogP) is 3.57. The van der Waals surface area contributed by atoms with Gasteiger partial charge in [-0.3, -0.25) is 14.5 Å². The van der Waals surface area contributed by atoms with Gasteiger partial charge in [0.2, 0.25) is 5.91 Å². The number of para-hydroxylation sites is 1. The smallest absolute Gasteiger partial charge is 0.252 e. The summed E-state index contributed by atoms with van der Waals surface area (Å²) in [5, 5.41) is 4.42. The molecule has 8 heteroatoms. The standard InChI is InChI=1S/C24H26N4O3S/c1-3-27-23(30)21(14-22(29)26-17-7-5-4-6-8-17)28(24(27)32)12-11-16-15-25-20-10-9-18(31-2)13-19(16)20/h4-10,13,15,21,25H,3,11-12,14H2,1-2H3,(H,26,29)/t21-/m0/s1. The fraction of sp³-hybridized carbons (Fsp3) is 0.292. The van der Waals surface area contributed by atoms with E-state index < -0.39 is 6.04 Å². The topological polar surface area (TPSA) is 77.7 Å². The molecule has 4 rings (SSSR count). The minimum absolute atomic E-state index is 0.0477. The maximum absolute atomic E-state index is 13.0. The molecule has 0 radical (unpaired) electrons. The van der Waals surface area contributed by atoms with E-state index in [1.54, 1.807) is 12.0 Å². The second-order valence-electron chi connectivity index (χ2n) is 7.67. The molecule has 0 spiro atoms. The highest BCUT2D eigenvalue weighted by Gasteiger charge is 2.42. The molecule has 3 aromatic rings. The number of ether oxygens (including phenoxy) is 1. The Morgan fingerprint density at radius 3 is 2.72 bits per heavy atom. The third-order valence-electron chi connectivity index (χ3n) is 5.75. The number of rotatable bonds is 8. The van der Waals surface area contributed by atoms with E-state index in [2.05, 4.69) is 10.3 Å². The molecule has 2 heterocycles. The summed E-state index contributed by atoms with van der Waals surface area (Å²) >= 11 is 5.60. The molecule has 0 bridgehead atoms. The summed E-state index contributed by atoms with van der Waals surface area (Å²) in [5.41, 5.74) is 2.84. The van der Waals surface area contributed by atoms with Crippen molar-refractivity contribution in [3.05, 3.63) is 60.3 Å². The maximum atomic E-state index is 13.0. The summed E-state index contributed by atoms with van der Waals surface area (Å²) in [4.78, 5) is 32.4. The molecule has 1 saturated heterocycles. The van der Waals surface area contributed by atoms with Crippen molar-refractivity contribution in [1.82, 2.24) is 14.8 Å². The first kappa shape index (κ1) is 21.8. The van der Waals surface area contributed by atoms with Gasteiger partial charge in [-0.15, -0.1) is 0 Å². The minimum Gasteiger partial charge on any atom is -0.497 e. The van der Waals surface area contributed by atoms with Crippen LogP contribution in [0.1, 0.15) is 18.9 Å². The van der Waals surface area contributed by atoms with Crippen LogP contribution in [0.2, 0.25) is 0 Å². The van der Waals surface area contributed by atoms with Crippen LogP contribution < -0.4 is 10.1 Å². The van der Waals surface area contributed by atoms with Gasteiger partial charge in [-0.25, -0.2) is 0 Å². The number of carbonyl (C=O) groups excluding carboxylic acids is 2. The second-order valence-corrected chi connectivity index (χ2v) is 8.03. The molecule has 1 fully saturated rings. The molecule has 1 aliphatic heterocycles. The molecule has 0 saturated carbocycles. The Morgan fingerprint density at radius 2 is 2.00 bits per heavy atom. The van der Waals surface area contributed by atoms with Crippen LogP contribution in [-0.4, -0.2) is 58.0 Å². The molecular formula is C24H26N4O3S. The van der Waals surface area contributed by atoms with Gasteiger partial charge in [0.15, 0.2) is 5.11 Å². The zero-order chi connectivity index (χ0) is 22.7. The number of fused-ring (bicyclic) bond motifs is 1. The molecule has 2 amide bonds. The van der Waals surface area contributed by atoms with E-state index in [1.165, 1.54) is 0 Å². The molecule has 0 unspecified atom stereocenters. The number of hydrogen-bond acceptors (Lipinski definition) is 4. The van der Waals surface area contributed by atoms with Crippen molar-refractivity contribution in [3.63, 3.8) is 0 Å². The number of nitrogens with zero attached hydrogens (tertiary/aromatic N) is 2. The normalized spacial score (nSPS) is 16.1. The Kier molecular flexibility index (Phi) is 6.41. The number of carbonyl (C=O) groups is 2. The number of methoxy groups -OCH3 is 1. The Bertz CT molecular complexity index is 1140. The molecule has 32 heavy (non-hydrogen) atoms. The van der Waals surface area contributed by atoms with Gasteiger partial charge in [0.1, 0.15) is 11.8 Å². The number of H-pyrrole nitrogens is 1. The van der Waals surface area contributed by atoms with E-state index in [0.717, 1.165) is 22.2 Å². The molecule has 2 aromatic carbocycles. The molecule has 166 valence electrons. The van der Waals surface area contributed by atoms with E-state index in [1.807, 2.05) is 66.6 Å². The average molecular weight is 451 g/mol.